The van der Waals surface area contributed by atoms with Crippen molar-refractivity contribution in [2.24, 2.45) is 0 Å². The first-order chi connectivity index (χ1) is 10.6. The fourth-order valence-corrected chi connectivity index (χ4v) is 3.53. The van der Waals surface area contributed by atoms with Crippen molar-refractivity contribution in [3.05, 3.63) is 51.5 Å². The third-order valence-electron chi connectivity index (χ3n) is 3.70. The molecule has 0 saturated carbocycles. The third kappa shape index (κ3) is 2.62. The topological polar surface area (TPSA) is 62.3 Å². The van der Waals surface area contributed by atoms with Crippen LogP contribution in [0.15, 0.2) is 29.8 Å². The molecule has 0 aromatic carbocycles. The number of nitrogens with zero attached hydrogens (tertiary/aromatic N) is 2. The summed E-state index contributed by atoms with van der Waals surface area (Å²) in [6.07, 6.45) is 1.68. The summed E-state index contributed by atoms with van der Waals surface area (Å²) in [5, 5.41) is 4.75. The average molecular weight is 315 g/mol. The lowest BCUT2D eigenvalue weighted by Gasteiger charge is -2.34. The zero-order chi connectivity index (χ0) is 15.7. The van der Waals surface area contributed by atoms with E-state index in [1.54, 1.807) is 11.1 Å². The Morgan fingerprint density at radius 2 is 2.27 bits per heavy atom. The molecule has 22 heavy (non-hydrogen) atoms. The largest absolute Gasteiger partial charge is 0.352 e. The maximum atomic E-state index is 12.9. The van der Waals surface area contributed by atoms with Crippen LogP contribution in [0.25, 0.3) is 0 Å². The van der Waals surface area contributed by atoms with Crippen LogP contribution in [-0.2, 0) is 4.79 Å². The molecule has 1 aliphatic heterocycles. The Labute approximate surface area is 133 Å². The molecule has 3 rings (SSSR count). The van der Waals surface area contributed by atoms with Crippen molar-refractivity contribution in [2.75, 3.05) is 13.1 Å². The van der Waals surface area contributed by atoms with Crippen LogP contribution in [0.5, 0.6) is 0 Å². The van der Waals surface area contributed by atoms with Gasteiger partial charge in [-0.05, 0) is 36.4 Å². The van der Waals surface area contributed by atoms with Gasteiger partial charge in [0.25, 0.3) is 5.91 Å². The first kappa shape index (κ1) is 14.7. The van der Waals surface area contributed by atoms with Gasteiger partial charge in [0.1, 0.15) is 11.7 Å². The Balaban J connectivity index is 1.97. The Bertz CT molecular complexity index is 712. The second-order valence-corrected chi connectivity index (χ2v) is 6.36. The van der Waals surface area contributed by atoms with Crippen molar-refractivity contribution in [2.45, 2.75) is 19.9 Å². The fraction of sp³-hybridized carbons (Fsp3) is 0.312. The number of hydrogen-bond donors (Lipinski definition) is 1. The number of nitrogens with one attached hydrogen (secondary N) is 1. The van der Waals surface area contributed by atoms with E-state index in [1.807, 2.05) is 37.4 Å². The van der Waals surface area contributed by atoms with Gasteiger partial charge >= 0.3 is 0 Å². The van der Waals surface area contributed by atoms with Crippen molar-refractivity contribution in [1.29, 1.82) is 0 Å². The summed E-state index contributed by atoms with van der Waals surface area (Å²) in [6, 6.07) is 5.14. The van der Waals surface area contributed by atoms with Gasteiger partial charge in [-0.2, -0.15) is 0 Å². The number of hydrogen-bond acceptors (Lipinski definition) is 4. The highest BCUT2D eigenvalue weighted by Crippen LogP contribution is 2.28. The van der Waals surface area contributed by atoms with Crippen LogP contribution in [0.4, 0.5) is 0 Å². The minimum Gasteiger partial charge on any atom is -0.352 e. The van der Waals surface area contributed by atoms with Crippen molar-refractivity contribution in [3.63, 3.8) is 0 Å². The molecular formula is C16H17N3O2S. The Morgan fingerprint density at radius 1 is 1.45 bits per heavy atom. The van der Waals surface area contributed by atoms with E-state index in [-0.39, 0.29) is 11.8 Å². The Morgan fingerprint density at radius 3 is 2.95 bits per heavy atom. The van der Waals surface area contributed by atoms with Gasteiger partial charge < -0.3 is 10.2 Å². The second-order valence-electron chi connectivity index (χ2n) is 5.39. The zero-order valence-corrected chi connectivity index (χ0v) is 13.3. The summed E-state index contributed by atoms with van der Waals surface area (Å²) in [6.45, 7) is 4.77. The number of aryl methyl sites for hydroxylation is 2. The highest BCUT2D eigenvalue weighted by Gasteiger charge is 2.36. The molecule has 1 atom stereocenters. The quantitative estimate of drug-likeness (QED) is 0.923. The maximum absolute atomic E-state index is 12.9. The van der Waals surface area contributed by atoms with E-state index in [9.17, 15) is 9.59 Å². The first-order valence-electron chi connectivity index (χ1n) is 7.13. The summed E-state index contributed by atoms with van der Waals surface area (Å²) >= 11 is 1.48. The molecule has 5 nitrogen and oxygen atoms in total. The van der Waals surface area contributed by atoms with Gasteiger partial charge in [0.05, 0.1) is 0 Å². The minimum atomic E-state index is -0.566. The van der Waals surface area contributed by atoms with Crippen molar-refractivity contribution >= 4 is 23.2 Å². The molecule has 114 valence electrons. The predicted molar refractivity (Wildman–Crippen MR) is 84.8 cm³/mol. The van der Waals surface area contributed by atoms with Crippen LogP contribution in [0.1, 0.15) is 32.5 Å². The molecule has 0 spiro atoms. The number of piperazine rings is 1. The number of thiophene rings is 1. The van der Waals surface area contributed by atoms with E-state index in [1.165, 1.54) is 11.3 Å². The van der Waals surface area contributed by atoms with E-state index < -0.39 is 6.04 Å². The van der Waals surface area contributed by atoms with Gasteiger partial charge in [-0.1, -0.05) is 12.1 Å². The smallest absolute Gasteiger partial charge is 0.273 e. The zero-order valence-electron chi connectivity index (χ0n) is 12.5. The number of aromatic nitrogens is 1. The van der Waals surface area contributed by atoms with Gasteiger partial charge in [-0.15, -0.1) is 11.3 Å². The number of carbonyl (C=O) groups excluding carboxylic acids is 2. The van der Waals surface area contributed by atoms with Gasteiger partial charge in [-0.3, -0.25) is 14.6 Å². The van der Waals surface area contributed by atoms with Crippen LogP contribution in [-0.4, -0.2) is 34.8 Å². The summed E-state index contributed by atoms with van der Waals surface area (Å²) in [5.74, 6) is -0.322. The lowest BCUT2D eigenvalue weighted by molar-refractivity contribution is -0.127. The average Bonchev–Trinajstić information content (AvgIpc) is 3.00. The van der Waals surface area contributed by atoms with Crippen molar-refractivity contribution < 1.29 is 9.59 Å². The van der Waals surface area contributed by atoms with Crippen LogP contribution in [0.3, 0.4) is 0 Å². The molecule has 3 heterocycles. The van der Waals surface area contributed by atoms with Crippen LogP contribution >= 0.6 is 11.3 Å². The molecule has 0 aliphatic carbocycles. The standard InChI is InChI=1S/C16H17N3O2S/c1-10-8-11(2)13(18-9-10)16(21)19-6-5-17-15(20)14(19)12-4-3-7-22-12/h3-4,7-9,14H,5-6H2,1-2H3,(H,17,20). The lowest BCUT2D eigenvalue weighted by atomic mass is 10.1. The van der Waals surface area contributed by atoms with E-state index >= 15 is 0 Å². The number of amides is 2. The number of pyridine rings is 1. The molecule has 2 amide bonds. The molecule has 2 aromatic heterocycles. The van der Waals surface area contributed by atoms with Gasteiger partial charge in [0.15, 0.2) is 0 Å². The summed E-state index contributed by atoms with van der Waals surface area (Å²) in [5.41, 5.74) is 2.27. The molecule has 1 aliphatic rings. The van der Waals surface area contributed by atoms with E-state index in [4.69, 9.17) is 0 Å². The molecule has 1 N–H and O–H groups in total. The number of carbonyl (C=O) groups is 2. The fourth-order valence-electron chi connectivity index (χ4n) is 2.69. The molecule has 1 fully saturated rings. The van der Waals surface area contributed by atoms with Gasteiger partial charge in [0, 0.05) is 24.2 Å². The molecule has 0 radical (unpaired) electrons. The normalized spacial score (nSPS) is 18.2. The molecule has 0 bridgehead atoms. The van der Waals surface area contributed by atoms with Crippen LogP contribution in [0.2, 0.25) is 0 Å². The van der Waals surface area contributed by atoms with Crippen LogP contribution < -0.4 is 5.32 Å². The second kappa shape index (κ2) is 5.88. The first-order valence-corrected chi connectivity index (χ1v) is 8.01. The molecule has 1 saturated heterocycles. The number of rotatable bonds is 2. The van der Waals surface area contributed by atoms with Crippen molar-refractivity contribution in [3.8, 4) is 0 Å². The van der Waals surface area contributed by atoms with E-state index in [0.29, 0.717) is 18.8 Å². The van der Waals surface area contributed by atoms with Crippen LogP contribution in [0, 0.1) is 13.8 Å². The monoisotopic (exact) mass is 315 g/mol. The van der Waals surface area contributed by atoms with E-state index in [0.717, 1.165) is 16.0 Å². The SMILES string of the molecule is Cc1cnc(C(=O)N2CCNC(=O)C2c2cccs2)c(C)c1. The Kier molecular flexibility index (Phi) is 3.94. The lowest BCUT2D eigenvalue weighted by Crippen LogP contribution is -2.52. The molecule has 2 aromatic rings. The maximum Gasteiger partial charge on any atom is 0.273 e. The molecule has 1 unspecified atom stereocenters. The van der Waals surface area contributed by atoms with E-state index in [2.05, 4.69) is 10.3 Å². The molecular weight excluding hydrogens is 298 g/mol. The predicted octanol–water partition coefficient (Wildman–Crippen LogP) is 2.07. The van der Waals surface area contributed by atoms with Gasteiger partial charge in [0.2, 0.25) is 5.91 Å². The van der Waals surface area contributed by atoms with Gasteiger partial charge in [-0.25, -0.2) is 0 Å². The molecule has 6 heteroatoms. The summed E-state index contributed by atoms with van der Waals surface area (Å²) in [7, 11) is 0. The minimum absolute atomic E-state index is 0.133. The highest BCUT2D eigenvalue weighted by molar-refractivity contribution is 7.10. The third-order valence-corrected chi connectivity index (χ3v) is 4.63. The summed E-state index contributed by atoms with van der Waals surface area (Å²) < 4.78 is 0. The summed E-state index contributed by atoms with van der Waals surface area (Å²) in [4.78, 5) is 31.9. The highest BCUT2D eigenvalue weighted by atomic mass is 32.1. The Hall–Kier alpha value is -2.21. The van der Waals surface area contributed by atoms with Crippen molar-refractivity contribution in [1.82, 2.24) is 15.2 Å².